The van der Waals surface area contributed by atoms with E-state index >= 15 is 0 Å². The van der Waals surface area contributed by atoms with Crippen LogP contribution in [-0.4, -0.2) is 35.4 Å². The summed E-state index contributed by atoms with van der Waals surface area (Å²) in [6.07, 6.45) is 1.95. The first-order valence-corrected chi connectivity index (χ1v) is 24.5. The van der Waals surface area contributed by atoms with Crippen molar-refractivity contribution in [3.63, 3.8) is 0 Å². The number of phenolic OH excluding ortho intramolecular Hbond substituents is 1. The van der Waals surface area contributed by atoms with Crippen LogP contribution in [0.1, 0.15) is 45.4 Å². The van der Waals surface area contributed by atoms with Crippen molar-refractivity contribution >= 4 is 25.2 Å². The normalized spacial score (nSPS) is 12.5. The van der Waals surface area contributed by atoms with Crippen LogP contribution in [0.4, 0.5) is 0 Å². The number of hydrogen-bond donors (Lipinski definition) is 2. The maximum absolute atomic E-state index is 10.2. The van der Waals surface area contributed by atoms with E-state index in [0.29, 0.717) is 17.2 Å². The smallest absolute Gasteiger partial charge is 0.311 e. The van der Waals surface area contributed by atoms with E-state index in [1.54, 1.807) is 0 Å². The van der Waals surface area contributed by atoms with Gasteiger partial charge in [0, 0.05) is 5.56 Å². The predicted molar refractivity (Wildman–Crippen MR) is 184 cm³/mol. The van der Waals surface area contributed by atoms with Gasteiger partial charge in [-0.3, -0.25) is 0 Å². The highest BCUT2D eigenvalue weighted by molar-refractivity contribution is 6.87. The number of ether oxygens (including phenoxy) is 2. The quantitative estimate of drug-likeness (QED) is 0.181. The molecule has 0 aliphatic carbocycles. The molecule has 0 fully saturated rings. The average Bonchev–Trinajstić information content (AvgIpc) is 2.86. The van der Waals surface area contributed by atoms with E-state index < -0.39 is 25.2 Å². The van der Waals surface area contributed by atoms with Crippen LogP contribution < -0.4 is 9.47 Å². The van der Waals surface area contributed by atoms with Crippen molar-refractivity contribution in [2.45, 2.75) is 106 Å². The first-order chi connectivity index (χ1) is 19.8. The largest absolute Gasteiger partial charge is 0.507 e. The van der Waals surface area contributed by atoms with E-state index in [2.05, 4.69) is 58.0 Å². The maximum Gasteiger partial charge on any atom is 0.311 e. The van der Waals surface area contributed by atoms with Gasteiger partial charge in [0.25, 0.3) is 0 Å². The monoisotopic (exact) mass is 640 g/mol. The molecule has 0 aliphatic rings. The third kappa shape index (κ3) is 9.79. The molecular formula is C34H52O6Si3. The molecule has 2 N–H and O–H groups in total. The lowest BCUT2D eigenvalue weighted by Gasteiger charge is -2.37. The standard InChI is InChI=1S/C34H52O6Si3/c1-23-18-30(19-24(2)33(23)36)37-34-25(3)20-32(26(4)27(34)5)38-31-16-15-28(21-29(31)22-35)14-13-17-42(9,10)40-43(11,12)39-41(6,7)8/h15-16,18-21,35-36H,13-14,17,22H2,1-12H3. The minimum atomic E-state index is -2.15. The van der Waals surface area contributed by atoms with Crippen LogP contribution in [0.2, 0.25) is 51.9 Å². The molecule has 0 spiro atoms. The van der Waals surface area contributed by atoms with Crippen LogP contribution in [0.15, 0.2) is 36.4 Å². The van der Waals surface area contributed by atoms with Crippen molar-refractivity contribution in [3.8, 4) is 28.7 Å². The molecule has 3 aromatic rings. The Hall–Kier alpha value is -2.41. The topological polar surface area (TPSA) is 77.4 Å². The molecule has 0 heterocycles. The van der Waals surface area contributed by atoms with Gasteiger partial charge in [-0.15, -0.1) is 0 Å². The van der Waals surface area contributed by atoms with Crippen molar-refractivity contribution in [2.75, 3.05) is 0 Å². The molecule has 0 aliphatic heterocycles. The maximum atomic E-state index is 10.2. The molecule has 0 saturated heterocycles. The first kappa shape index (κ1) is 35.1. The van der Waals surface area contributed by atoms with E-state index in [0.717, 1.165) is 63.8 Å². The van der Waals surface area contributed by atoms with Crippen LogP contribution in [0.5, 0.6) is 28.7 Å². The number of hydrogen-bond acceptors (Lipinski definition) is 6. The Labute approximate surface area is 262 Å². The fourth-order valence-electron chi connectivity index (χ4n) is 5.70. The molecule has 0 amide bonds. The molecule has 9 heteroatoms. The Morgan fingerprint density at radius 1 is 0.698 bits per heavy atom. The van der Waals surface area contributed by atoms with E-state index in [1.807, 2.05) is 58.9 Å². The Morgan fingerprint density at radius 3 is 1.91 bits per heavy atom. The minimum absolute atomic E-state index is 0.0991. The van der Waals surface area contributed by atoms with E-state index in [1.165, 1.54) is 5.56 Å². The third-order valence-corrected chi connectivity index (χ3v) is 17.6. The molecular weight excluding hydrogens is 589 g/mol. The van der Waals surface area contributed by atoms with Gasteiger partial charge >= 0.3 is 8.56 Å². The molecule has 0 atom stereocenters. The lowest BCUT2D eigenvalue weighted by Crippen LogP contribution is -2.51. The zero-order chi connectivity index (χ0) is 32.3. The summed E-state index contributed by atoms with van der Waals surface area (Å²) < 4.78 is 25.8. The molecule has 0 aromatic heterocycles. The highest BCUT2D eigenvalue weighted by Gasteiger charge is 2.37. The van der Waals surface area contributed by atoms with E-state index in [-0.39, 0.29) is 6.61 Å². The van der Waals surface area contributed by atoms with Crippen LogP contribution in [-0.2, 0) is 21.3 Å². The second-order valence-corrected chi connectivity index (χ2v) is 26.5. The van der Waals surface area contributed by atoms with Crippen LogP contribution in [0, 0.1) is 34.6 Å². The fourth-order valence-corrected chi connectivity index (χ4v) is 18.9. The lowest BCUT2D eigenvalue weighted by molar-refractivity contribution is 0.276. The highest BCUT2D eigenvalue weighted by atomic mass is 28.5. The third-order valence-electron chi connectivity index (χ3n) is 7.50. The van der Waals surface area contributed by atoms with Crippen LogP contribution >= 0.6 is 0 Å². The summed E-state index contributed by atoms with van der Waals surface area (Å²) in [4.78, 5) is 0. The number of aromatic hydroxyl groups is 1. The SMILES string of the molecule is Cc1cc(Oc2c(C)cc(Oc3ccc(CCC[Si](C)(C)O[Si](C)(C)O[Si](C)(C)C)cc3CO)c(C)c2C)cc(C)c1O. The molecule has 6 nitrogen and oxygen atoms in total. The summed E-state index contributed by atoms with van der Waals surface area (Å²) in [6, 6.07) is 12.8. The summed E-state index contributed by atoms with van der Waals surface area (Å²) >= 11 is 0. The molecule has 236 valence electrons. The highest BCUT2D eigenvalue weighted by Crippen LogP contribution is 2.39. The van der Waals surface area contributed by atoms with Crippen molar-refractivity contribution in [1.82, 2.24) is 0 Å². The first-order valence-electron chi connectivity index (χ1n) is 15.2. The minimum Gasteiger partial charge on any atom is -0.507 e. The van der Waals surface area contributed by atoms with Crippen molar-refractivity contribution in [3.05, 3.63) is 75.3 Å². The molecule has 43 heavy (non-hydrogen) atoms. The van der Waals surface area contributed by atoms with Gasteiger partial charge in [-0.1, -0.05) is 6.07 Å². The molecule has 0 saturated carbocycles. The predicted octanol–water partition coefficient (Wildman–Crippen LogP) is 9.72. The number of aliphatic hydroxyl groups excluding tert-OH is 1. The van der Waals surface area contributed by atoms with Crippen molar-refractivity contribution in [1.29, 1.82) is 0 Å². The number of benzene rings is 3. The zero-order valence-electron chi connectivity index (χ0n) is 28.3. The Balaban J connectivity index is 1.71. The molecule has 0 radical (unpaired) electrons. The zero-order valence-corrected chi connectivity index (χ0v) is 31.3. The van der Waals surface area contributed by atoms with Gasteiger partial charge in [0.1, 0.15) is 28.7 Å². The van der Waals surface area contributed by atoms with Gasteiger partial charge in [0.15, 0.2) is 16.6 Å². The van der Waals surface area contributed by atoms with Gasteiger partial charge < -0.3 is 27.9 Å². The molecule has 3 aromatic carbocycles. The summed E-state index contributed by atoms with van der Waals surface area (Å²) in [7, 11) is -5.66. The Bertz CT molecular complexity index is 1420. The lowest BCUT2D eigenvalue weighted by atomic mass is 10.0. The summed E-state index contributed by atoms with van der Waals surface area (Å²) in [5.74, 6) is 3.15. The second kappa shape index (κ2) is 13.7. The molecule has 3 rings (SSSR count). The van der Waals surface area contributed by atoms with Gasteiger partial charge in [-0.2, -0.15) is 0 Å². The van der Waals surface area contributed by atoms with Gasteiger partial charge in [0.05, 0.1) is 6.61 Å². The molecule has 0 bridgehead atoms. The second-order valence-electron chi connectivity index (χ2n) is 13.8. The Kier molecular flexibility index (Phi) is 11.2. The van der Waals surface area contributed by atoms with Gasteiger partial charge in [-0.25, -0.2) is 0 Å². The number of phenols is 1. The summed E-state index contributed by atoms with van der Waals surface area (Å²) in [5, 5.41) is 20.3. The number of aryl methyl sites for hydroxylation is 4. The summed E-state index contributed by atoms with van der Waals surface area (Å²) in [5.41, 5.74) is 6.40. The fraction of sp³-hybridized carbons (Fsp3) is 0.471. The van der Waals surface area contributed by atoms with Gasteiger partial charge in [-0.05, 0) is 163 Å². The van der Waals surface area contributed by atoms with E-state index in [4.69, 9.17) is 17.7 Å². The van der Waals surface area contributed by atoms with Crippen molar-refractivity contribution < 1.29 is 27.9 Å². The number of rotatable bonds is 13. The van der Waals surface area contributed by atoms with Crippen LogP contribution in [0.3, 0.4) is 0 Å². The average molecular weight is 641 g/mol. The molecule has 0 unspecified atom stereocenters. The number of aliphatic hydroxyl groups is 1. The van der Waals surface area contributed by atoms with Crippen molar-refractivity contribution in [2.24, 2.45) is 0 Å². The van der Waals surface area contributed by atoms with Gasteiger partial charge in [0.2, 0.25) is 0 Å². The van der Waals surface area contributed by atoms with Crippen LogP contribution in [0.25, 0.3) is 0 Å². The summed E-state index contributed by atoms with van der Waals surface area (Å²) in [6.45, 7) is 25.3. The Morgan fingerprint density at radius 2 is 1.33 bits per heavy atom. The van der Waals surface area contributed by atoms with E-state index in [9.17, 15) is 10.2 Å².